The van der Waals surface area contributed by atoms with Crippen molar-refractivity contribution < 1.29 is 14.3 Å². The van der Waals surface area contributed by atoms with Crippen molar-refractivity contribution in [2.24, 2.45) is 0 Å². The Hall–Kier alpha value is -2.35. The molecule has 1 N–H and O–H groups in total. The normalized spacial score (nSPS) is 13.2. The van der Waals surface area contributed by atoms with Crippen molar-refractivity contribution in [3.05, 3.63) is 40.0 Å². The Morgan fingerprint density at radius 3 is 2.85 bits per heavy atom. The fourth-order valence-electron chi connectivity index (χ4n) is 3.18. The van der Waals surface area contributed by atoms with Crippen LogP contribution in [-0.4, -0.2) is 35.2 Å². The van der Waals surface area contributed by atoms with Crippen molar-refractivity contribution in [3.63, 3.8) is 0 Å². The first-order valence-corrected chi connectivity index (χ1v) is 9.71. The summed E-state index contributed by atoms with van der Waals surface area (Å²) in [5.74, 6) is 1.33. The van der Waals surface area contributed by atoms with Gasteiger partial charge in [0.25, 0.3) is 0 Å². The van der Waals surface area contributed by atoms with Gasteiger partial charge in [0.1, 0.15) is 11.6 Å². The Morgan fingerprint density at radius 1 is 1.26 bits per heavy atom. The first-order chi connectivity index (χ1) is 13.0. The minimum Gasteiger partial charge on any atom is -0.496 e. The highest BCUT2D eigenvalue weighted by molar-refractivity contribution is 9.10. The predicted molar refractivity (Wildman–Crippen MR) is 106 cm³/mol. The second-order valence-corrected chi connectivity index (χ2v) is 7.41. The zero-order valence-electron chi connectivity index (χ0n) is 15.5. The smallest absolute Gasteiger partial charge is 0.228 e. The van der Waals surface area contributed by atoms with Crippen LogP contribution in [0.1, 0.15) is 30.5 Å². The number of rotatable bonds is 6. The molecule has 2 aromatic rings. The molecule has 0 radical (unpaired) electrons. The molecule has 0 atom stereocenters. The SMILES string of the molecule is COc1ccc(Br)cc1CNC(=O)CCC(=O)N1CCCn2nc(C)cc21. The largest absolute Gasteiger partial charge is 0.496 e. The van der Waals surface area contributed by atoms with Crippen LogP contribution < -0.4 is 15.0 Å². The predicted octanol–water partition coefficient (Wildman–Crippen LogP) is 2.80. The number of methoxy groups -OCH3 is 1. The number of carbonyl (C=O) groups excluding carboxylic acids is 2. The number of nitrogens with zero attached hydrogens (tertiary/aromatic N) is 3. The van der Waals surface area contributed by atoms with Gasteiger partial charge in [-0.3, -0.25) is 14.5 Å². The minimum absolute atomic E-state index is 0.0500. The van der Waals surface area contributed by atoms with E-state index in [1.165, 1.54) is 0 Å². The molecule has 2 amide bonds. The molecule has 0 spiro atoms. The molecular weight excluding hydrogens is 412 g/mol. The van der Waals surface area contributed by atoms with Gasteiger partial charge in [-0.1, -0.05) is 15.9 Å². The van der Waals surface area contributed by atoms with Gasteiger partial charge in [0, 0.05) is 48.6 Å². The van der Waals surface area contributed by atoms with E-state index >= 15 is 0 Å². The number of aromatic nitrogens is 2. The molecular formula is C19H23BrN4O3. The molecule has 0 fully saturated rings. The summed E-state index contributed by atoms with van der Waals surface area (Å²) in [5.41, 5.74) is 1.77. The summed E-state index contributed by atoms with van der Waals surface area (Å²) in [7, 11) is 1.60. The van der Waals surface area contributed by atoms with Crippen LogP contribution >= 0.6 is 15.9 Å². The fraction of sp³-hybridized carbons (Fsp3) is 0.421. The standard InChI is InChI=1S/C19H23BrN4O3/c1-13-10-18-23(8-3-9-24(18)22-13)19(26)7-6-17(25)21-12-14-11-15(20)4-5-16(14)27-2/h4-5,10-11H,3,6-9,12H2,1-2H3,(H,21,25). The maximum Gasteiger partial charge on any atom is 0.228 e. The zero-order valence-corrected chi connectivity index (χ0v) is 17.1. The molecule has 0 bridgehead atoms. The average Bonchev–Trinajstić information content (AvgIpc) is 3.04. The van der Waals surface area contributed by atoms with Crippen molar-refractivity contribution in [2.45, 2.75) is 39.3 Å². The summed E-state index contributed by atoms with van der Waals surface area (Å²) in [6, 6.07) is 7.54. The Kier molecular flexibility index (Phi) is 6.15. The van der Waals surface area contributed by atoms with Gasteiger partial charge in [0.2, 0.25) is 11.8 Å². The van der Waals surface area contributed by atoms with Crippen LogP contribution in [0.3, 0.4) is 0 Å². The van der Waals surface area contributed by atoms with E-state index in [9.17, 15) is 9.59 Å². The van der Waals surface area contributed by atoms with Crippen LogP contribution in [-0.2, 0) is 22.7 Å². The molecule has 27 heavy (non-hydrogen) atoms. The molecule has 1 aliphatic rings. The molecule has 2 heterocycles. The van der Waals surface area contributed by atoms with Gasteiger partial charge >= 0.3 is 0 Å². The number of amides is 2. The third-order valence-corrected chi connectivity index (χ3v) is 4.99. The summed E-state index contributed by atoms with van der Waals surface area (Å²) in [4.78, 5) is 26.5. The van der Waals surface area contributed by atoms with E-state index in [0.717, 1.165) is 34.5 Å². The maximum absolute atomic E-state index is 12.6. The molecule has 3 rings (SSSR count). The van der Waals surface area contributed by atoms with Crippen molar-refractivity contribution in [2.75, 3.05) is 18.6 Å². The quantitative estimate of drug-likeness (QED) is 0.757. The third-order valence-electron chi connectivity index (χ3n) is 4.49. The number of nitrogens with one attached hydrogen (secondary N) is 1. The van der Waals surface area contributed by atoms with Crippen LogP contribution in [0, 0.1) is 6.92 Å². The van der Waals surface area contributed by atoms with Crippen LogP contribution in [0.4, 0.5) is 5.82 Å². The maximum atomic E-state index is 12.6. The molecule has 1 aromatic carbocycles. The van der Waals surface area contributed by atoms with E-state index in [-0.39, 0.29) is 24.7 Å². The molecule has 0 unspecified atom stereocenters. The highest BCUT2D eigenvalue weighted by Crippen LogP contribution is 2.24. The number of hydrogen-bond donors (Lipinski definition) is 1. The molecule has 1 aliphatic heterocycles. The number of halogens is 1. The molecule has 0 saturated heterocycles. The summed E-state index contributed by atoms with van der Waals surface area (Å²) in [6.07, 6.45) is 1.19. The highest BCUT2D eigenvalue weighted by Gasteiger charge is 2.24. The number of ether oxygens (including phenoxy) is 1. The molecule has 8 heteroatoms. The first-order valence-electron chi connectivity index (χ1n) is 8.92. The third kappa shape index (κ3) is 4.68. The van der Waals surface area contributed by atoms with Gasteiger partial charge in [0.15, 0.2) is 0 Å². The number of hydrogen-bond acceptors (Lipinski definition) is 4. The molecule has 0 aliphatic carbocycles. The average molecular weight is 435 g/mol. The highest BCUT2D eigenvalue weighted by atomic mass is 79.9. The second-order valence-electron chi connectivity index (χ2n) is 6.50. The molecule has 144 valence electrons. The van der Waals surface area contributed by atoms with E-state index in [1.54, 1.807) is 12.0 Å². The lowest BCUT2D eigenvalue weighted by Gasteiger charge is -2.27. The van der Waals surface area contributed by atoms with E-state index in [1.807, 2.05) is 35.9 Å². The Balaban J connectivity index is 1.53. The molecule has 0 saturated carbocycles. The lowest BCUT2D eigenvalue weighted by Crippen LogP contribution is -2.38. The van der Waals surface area contributed by atoms with Gasteiger partial charge in [-0.2, -0.15) is 5.10 Å². The minimum atomic E-state index is -0.160. The van der Waals surface area contributed by atoms with E-state index in [4.69, 9.17) is 4.74 Å². The van der Waals surface area contributed by atoms with Gasteiger partial charge in [-0.25, -0.2) is 4.68 Å². The topological polar surface area (TPSA) is 76.5 Å². The Bertz CT molecular complexity index is 849. The lowest BCUT2D eigenvalue weighted by atomic mass is 10.2. The summed E-state index contributed by atoms with van der Waals surface area (Å²) < 4.78 is 8.08. The number of carbonyl (C=O) groups is 2. The lowest BCUT2D eigenvalue weighted by molar-refractivity contribution is -0.125. The molecule has 7 nitrogen and oxygen atoms in total. The van der Waals surface area contributed by atoms with Crippen molar-refractivity contribution in [3.8, 4) is 5.75 Å². The summed E-state index contributed by atoms with van der Waals surface area (Å²) in [6.45, 7) is 3.76. The number of aryl methyl sites for hydroxylation is 2. The van der Waals surface area contributed by atoms with Gasteiger partial charge < -0.3 is 10.1 Å². The van der Waals surface area contributed by atoms with E-state index in [0.29, 0.717) is 18.8 Å². The summed E-state index contributed by atoms with van der Waals surface area (Å²) in [5, 5.41) is 7.25. The van der Waals surface area contributed by atoms with Crippen molar-refractivity contribution in [1.29, 1.82) is 0 Å². The van der Waals surface area contributed by atoms with Gasteiger partial charge in [-0.05, 0) is 31.5 Å². The molecule has 1 aromatic heterocycles. The monoisotopic (exact) mass is 434 g/mol. The van der Waals surface area contributed by atoms with Crippen LogP contribution in [0.25, 0.3) is 0 Å². The van der Waals surface area contributed by atoms with Crippen molar-refractivity contribution >= 4 is 33.6 Å². The van der Waals surface area contributed by atoms with Gasteiger partial charge in [-0.15, -0.1) is 0 Å². The first kappa shape index (κ1) is 19.4. The second kappa shape index (κ2) is 8.56. The van der Waals surface area contributed by atoms with Crippen LogP contribution in [0.5, 0.6) is 5.75 Å². The number of fused-ring (bicyclic) bond motifs is 1. The fourth-order valence-corrected chi connectivity index (χ4v) is 3.59. The van der Waals surface area contributed by atoms with Crippen LogP contribution in [0.15, 0.2) is 28.7 Å². The van der Waals surface area contributed by atoms with Crippen LogP contribution in [0.2, 0.25) is 0 Å². The number of benzene rings is 1. The Morgan fingerprint density at radius 2 is 2.07 bits per heavy atom. The summed E-state index contributed by atoms with van der Waals surface area (Å²) >= 11 is 3.42. The zero-order chi connectivity index (χ0) is 19.4. The van der Waals surface area contributed by atoms with Gasteiger partial charge in [0.05, 0.1) is 12.8 Å². The van der Waals surface area contributed by atoms with E-state index in [2.05, 4.69) is 26.3 Å². The van der Waals surface area contributed by atoms with E-state index < -0.39 is 0 Å². The number of anilines is 1. The Labute approximate surface area is 166 Å². The van der Waals surface area contributed by atoms with Crippen molar-refractivity contribution in [1.82, 2.24) is 15.1 Å².